The van der Waals surface area contributed by atoms with E-state index < -0.39 is 11.9 Å². The lowest BCUT2D eigenvalue weighted by atomic mass is 10.2. The van der Waals surface area contributed by atoms with Crippen LogP contribution in [0.5, 0.6) is 0 Å². The standard InChI is InChI=1S/C22H34N2O6/c25-19-9-7-15-23(19)13-3-1-5-17-29-21(27)11-12-22(28)30-18-6-2-4-14-24-16-8-10-20(24)26/h11-12H,1-10,13-18H2. The lowest BCUT2D eigenvalue weighted by Crippen LogP contribution is -2.25. The summed E-state index contributed by atoms with van der Waals surface area (Å²) in [6.07, 6.45) is 10.4. The minimum Gasteiger partial charge on any atom is -0.463 e. The summed E-state index contributed by atoms with van der Waals surface area (Å²) in [6, 6.07) is 0. The molecule has 0 bridgehead atoms. The first kappa shape index (κ1) is 23.9. The van der Waals surface area contributed by atoms with E-state index in [1.807, 2.05) is 9.80 Å². The van der Waals surface area contributed by atoms with Crippen LogP contribution in [0.2, 0.25) is 0 Å². The van der Waals surface area contributed by atoms with Gasteiger partial charge in [-0.25, -0.2) is 9.59 Å². The maximum atomic E-state index is 11.6. The molecule has 2 fully saturated rings. The van der Waals surface area contributed by atoms with Crippen molar-refractivity contribution in [2.45, 2.75) is 64.2 Å². The fraction of sp³-hybridized carbons (Fsp3) is 0.727. The van der Waals surface area contributed by atoms with Gasteiger partial charge in [-0.2, -0.15) is 0 Å². The Morgan fingerprint density at radius 1 is 0.700 bits per heavy atom. The van der Waals surface area contributed by atoms with Gasteiger partial charge in [-0.05, 0) is 51.4 Å². The van der Waals surface area contributed by atoms with Gasteiger partial charge in [0, 0.05) is 51.2 Å². The van der Waals surface area contributed by atoms with Crippen molar-refractivity contribution in [3.05, 3.63) is 12.2 Å². The van der Waals surface area contributed by atoms with Gasteiger partial charge in [-0.1, -0.05) is 0 Å². The molecular formula is C22H34N2O6. The van der Waals surface area contributed by atoms with Gasteiger partial charge in [0.15, 0.2) is 0 Å². The Hall–Kier alpha value is -2.38. The van der Waals surface area contributed by atoms with Crippen LogP contribution in [0.4, 0.5) is 0 Å². The van der Waals surface area contributed by atoms with Gasteiger partial charge in [-0.3, -0.25) is 9.59 Å². The van der Waals surface area contributed by atoms with Gasteiger partial charge in [-0.15, -0.1) is 0 Å². The van der Waals surface area contributed by atoms with Crippen molar-refractivity contribution in [1.82, 2.24) is 9.80 Å². The van der Waals surface area contributed by atoms with Crippen molar-refractivity contribution in [2.75, 3.05) is 39.4 Å². The number of hydrogen-bond donors (Lipinski definition) is 0. The molecule has 0 unspecified atom stereocenters. The third-order valence-corrected chi connectivity index (χ3v) is 5.33. The molecule has 168 valence electrons. The van der Waals surface area contributed by atoms with Crippen LogP contribution in [0.25, 0.3) is 0 Å². The number of carbonyl (C=O) groups excluding carboxylic acids is 4. The van der Waals surface area contributed by atoms with E-state index in [0.717, 1.165) is 89.7 Å². The van der Waals surface area contributed by atoms with E-state index in [0.29, 0.717) is 26.1 Å². The van der Waals surface area contributed by atoms with Crippen molar-refractivity contribution in [3.63, 3.8) is 0 Å². The second-order valence-electron chi connectivity index (χ2n) is 7.76. The molecule has 0 aromatic carbocycles. The Kier molecular flexibility index (Phi) is 11.0. The smallest absolute Gasteiger partial charge is 0.331 e. The third kappa shape index (κ3) is 9.41. The summed E-state index contributed by atoms with van der Waals surface area (Å²) in [6.45, 7) is 3.85. The zero-order valence-electron chi connectivity index (χ0n) is 17.8. The molecule has 2 aliphatic heterocycles. The molecule has 0 aliphatic carbocycles. The van der Waals surface area contributed by atoms with Crippen LogP contribution in [0.1, 0.15) is 64.2 Å². The van der Waals surface area contributed by atoms with Crippen molar-refractivity contribution in [2.24, 2.45) is 0 Å². The Morgan fingerprint density at radius 3 is 1.50 bits per heavy atom. The topological polar surface area (TPSA) is 93.2 Å². The SMILES string of the molecule is O=C(C=CC(=O)OCCCCCN1CCCC1=O)OCCCCCN1CCCC1=O. The molecule has 2 rings (SSSR count). The van der Waals surface area contributed by atoms with E-state index in [4.69, 9.17) is 9.47 Å². The van der Waals surface area contributed by atoms with Crippen molar-refractivity contribution < 1.29 is 28.7 Å². The Morgan fingerprint density at radius 2 is 1.13 bits per heavy atom. The van der Waals surface area contributed by atoms with Gasteiger partial charge in [0.05, 0.1) is 13.2 Å². The van der Waals surface area contributed by atoms with E-state index in [1.54, 1.807) is 0 Å². The predicted molar refractivity (Wildman–Crippen MR) is 110 cm³/mol. The molecule has 2 amide bonds. The molecule has 0 aromatic heterocycles. The Bertz CT molecular complexity index is 567. The Balaban J connectivity index is 1.40. The molecule has 0 spiro atoms. The molecular weight excluding hydrogens is 388 g/mol. The number of ether oxygens (including phenoxy) is 2. The first-order chi connectivity index (χ1) is 14.6. The van der Waals surface area contributed by atoms with E-state index in [2.05, 4.69) is 0 Å². The number of carbonyl (C=O) groups is 4. The lowest BCUT2D eigenvalue weighted by Gasteiger charge is -2.14. The number of nitrogens with zero attached hydrogens (tertiary/aromatic N) is 2. The molecule has 2 saturated heterocycles. The summed E-state index contributed by atoms with van der Waals surface area (Å²) in [4.78, 5) is 49.9. The summed E-state index contributed by atoms with van der Waals surface area (Å²) in [5.74, 6) is -0.650. The quantitative estimate of drug-likeness (QED) is 0.242. The van der Waals surface area contributed by atoms with Crippen LogP contribution in [-0.2, 0) is 28.7 Å². The largest absolute Gasteiger partial charge is 0.463 e. The predicted octanol–water partition coefficient (Wildman–Crippen LogP) is 2.21. The highest BCUT2D eigenvalue weighted by molar-refractivity contribution is 5.91. The molecule has 0 aromatic rings. The average molecular weight is 423 g/mol. The van der Waals surface area contributed by atoms with Crippen molar-refractivity contribution >= 4 is 23.8 Å². The minimum atomic E-state index is -0.558. The highest BCUT2D eigenvalue weighted by Gasteiger charge is 2.19. The van der Waals surface area contributed by atoms with E-state index in [-0.39, 0.29) is 11.8 Å². The first-order valence-corrected chi connectivity index (χ1v) is 11.1. The van der Waals surface area contributed by atoms with Crippen LogP contribution < -0.4 is 0 Å². The second-order valence-corrected chi connectivity index (χ2v) is 7.76. The number of unbranched alkanes of at least 4 members (excludes halogenated alkanes) is 4. The molecule has 30 heavy (non-hydrogen) atoms. The van der Waals surface area contributed by atoms with E-state index in [1.165, 1.54) is 0 Å². The number of hydrogen-bond acceptors (Lipinski definition) is 6. The van der Waals surface area contributed by atoms with Gasteiger partial charge in [0.1, 0.15) is 0 Å². The molecule has 0 atom stereocenters. The Labute approximate surface area is 178 Å². The number of rotatable bonds is 14. The molecule has 2 heterocycles. The zero-order valence-corrected chi connectivity index (χ0v) is 17.8. The van der Waals surface area contributed by atoms with Gasteiger partial charge < -0.3 is 19.3 Å². The third-order valence-electron chi connectivity index (χ3n) is 5.33. The summed E-state index contributed by atoms with van der Waals surface area (Å²) in [7, 11) is 0. The summed E-state index contributed by atoms with van der Waals surface area (Å²) < 4.78 is 10.1. The summed E-state index contributed by atoms with van der Waals surface area (Å²) in [5.41, 5.74) is 0. The summed E-state index contributed by atoms with van der Waals surface area (Å²) >= 11 is 0. The van der Waals surface area contributed by atoms with Gasteiger partial charge >= 0.3 is 11.9 Å². The summed E-state index contributed by atoms with van der Waals surface area (Å²) in [5, 5.41) is 0. The molecule has 0 saturated carbocycles. The highest BCUT2D eigenvalue weighted by Crippen LogP contribution is 2.12. The van der Waals surface area contributed by atoms with Crippen LogP contribution in [0.3, 0.4) is 0 Å². The lowest BCUT2D eigenvalue weighted by molar-refractivity contribution is -0.140. The van der Waals surface area contributed by atoms with Crippen LogP contribution >= 0.6 is 0 Å². The maximum Gasteiger partial charge on any atom is 0.331 e. The number of esters is 2. The fourth-order valence-corrected chi connectivity index (χ4v) is 3.62. The van der Waals surface area contributed by atoms with Gasteiger partial charge in [0.25, 0.3) is 0 Å². The molecule has 2 aliphatic rings. The average Bonchev–Trinajstić information content (AvgIpc) is 3.33. The maximum absolute atomic E-state index is 11.6. The molecule has 8 heteroatoms. The molecule has 8 nitrogen and oxygen atoms in total. The zero-order chi connectivity index (χ0) is 21.6. The minimum absolute atomic E-state index is 0.233. The second kappa shape index (κ2) is 13.8. The van der Waals surface area contributed by atoms with E-state index in [9.17, 15) is 19.2 Å². The van der Waals surface area contributed by atoms with Crippen molar-refractivity contribution in [1.29, 1.82) is 0 Å². The molecule has 0 radical (unpaired) electrons. The normalized spacial score (nSPS) is 16.7. The van der Waals surface area contributed by atoms with Crippen molar-refractivity contribution in [3.8, 4) is 0 Å². The van der Waals surface area contributed by atoms with Gasteiger partial charge in [0.2, 0.25) is 11.8 Å². The molecule has 0 N–H and O–H groups in total. The van der Waals surface area contributed by atoms with E-state index >= 15 is 0 Å². The number of amides is 2. The highest BCUT2D eigenvalue weighted by atomic mass is 16.5. The van der Waals surface area contributed by atoms with Crippen LogP contribution in [-0.4, -0.2) is 72.9 Å². The number of likely N-dealkylation sites (tertiary alicyclic amines) is 2. The van der Waals surface area contributed by atoms with Crippen LogP contribution in [0.15, 0.2) is 12.2 Å². The monoisotopic (exact) mass is 422 g/mol. The first-order valence-electron chi connectivity index (χ1n) is 11.1. The van der Waals surface area contributed by atoms with Crippen LogP contribution in [0, 0.1) is 0 Å². The fourth-order valence-electron chi connectivity index (χ4n) is 3.62.